The molecule has 4 nitrogen and oxygen atoms in total. The Balaban J connectivity index is 1.88. The van der Waals surface area contributed by atoms with E-state index in [0.717, 1.165) is 12.4 Å². The smallest absolute Gasteiger partial charge is 0.337 e. The van der Waals surface area contributed by atoms with E-state index < -0.39 is 5.97 Å². The molecule has 1 aliphatic carbocycles. The lowest BCUT2D eigenvalue weighted by atomic mass is 10.2. The first-order valence-corrected chi connectivity index (χ1v) is 7.58. The maximum Gasteiger partial charge on any atom is 0.337 e. The molecule has 20 heavy (non-hydrogen) atoms. The first-order valence-electron chi connectivity index (χ1n) is 6.64. The fourth-order valence-corrected chi connectivity index (χ4v) is 2.96. The van der Waals surface area contributed by atoms with Crippen molar-refractivity contribution in [1.29, 1.82) is 0 Å². The third-order valence-electron chi connectivity index (χ3n) is 3.52. The van der Waals surface area contributed by atoms with Gasteiger partial charge in [0.15, 0.2) is 0 Å². The summed E-state index contributed by atoms with van der Waals surface area (Å²) < 4.78 is 0. The van der Waals surface area contributed by atoms with Gasteiger partial charge in [-0.2, -0.15) is 11.3 Å². The van der Waals surface area contributed by atoms with Gasteiger partial charge >= 0.3 is 5.97 Å². The molecule has 0 aromatic carbocycles. The van der Waals surface area contributed by atoms with E-state index in [0.29, 0.717) is 11.7 Å². The molecule has 1 N–H and O–H groups in total. The highest BCUT2D eigenvalue weighted by atomic mass is 32.1. The number of rotatable bonds is 5. The number of thiophene rings is 1. The SMILES string of the molecule is Cc1nc(N(Cc2ccsc2)C2CC2)ccc1C(=O)O. The Morgan fingerprint density at radius 2 is 2.25 bits per heavy atom. The molecule has 0 atom stereocenters. The zero-order valence-corrected chi connectivity index (χ0v) is 12.1. The fourth-order valence-electron chi connectivity index (χ4n) is 2.30. The van der Waals surface area contributed by atoms with Crippen LogP contribution in [0, 0.1) is 6.92 Å². The molecule has 104 valence electrons. The lowest BCUT2D eigenvalue weighted by Crippen LogP contribution is -2.26. The first-order chi connectivity index (χ1) is 9.65. The lowest BCUT2D eigenvalue weighted by Gasteiger charge is -2.23. The number of aromatic nitrogens is 1. The molecule has 0 radical (unpaired) electrons. The Morgan fingerprint density at radius 1 is 1.45 bits per heavy atom. The molecular weight excluding hydrogens is 272 g/mol. The van der Waals surface area contributed by atoms with E-state index in [2.05, 4.69) is 26.7 Å². The van der Waals surface area contributed by atoms with Gasteiger partial charge < -0.3 is 10.0 Å². The maximum atomic E-state index is 11.1. The average molecular weight is 288 g/mol. The van der Waals surface area contributed by atoms with Crippen LogP contribution < -0.4 is 4.90 Å². The minimum Gasteiger partial charge on any atom is -0.478 e. The predicted octanol–water partition coefficient (Wildman–Crippen LogP) is 3.32. The van der Waals surface area contributed by atoms with Crippen molar-refractivity contribution in [3.8, 4) is 0 Å². The Bertz CT molecular complexity index is 621. The molecule has 0 saturated heterocycles. The van der Waals surface area contributed by atoms with Crippen LogP contribution in [0.15, 0.2) is 29.0 Å². The van der Waals surface area contributed by atoms with Gasteiger partial charge in [-0.1, -0.05) is 0 Å². The van der Waals surface area contributed by atoms with Gasteiger partial charge in [-0.25, -0.2) is 9.78 Å². The molecule has 1 aliphatic rings. The van der Waals surface area contributed by atoms with Crippen LogP contribution in [0.1, 0.15) is 34.5 Å². The van der Waals surface area contributed by atoms with Crippen LogP contribution in [0.5, 0.6) is 0 Å². The molecule has 5 heteroatoms. The summed E-state index contributed by atoms with van der Waals surface area (Å²) in [5, 5.41) is 13.3. The third kappa shape index (κ3) is 2.67. The van der Waals surface area contributed by atoms with Crippen molar-refractivity contribution in [2.45, 2.75) is 32.4 Å². The summed E-state index contributed by atoms with van der Waals surface area (Å²) in [7, 11) is 0. The number of anilines is 1. The van der Waals surface area contributed by atoms with E-state index in [1.165, 1.54) is 18.4 Å². The zero-order valence-electron chi connectivity index (χ0n) is 11.2. The second kappa shape index (κ2) is 5.25. The van der Waals surface area contributed by atoms with E-state index in [9.17, 15) is 4.79 Å². The maximum absolute atomic E-state index is 11.1. The quantitative estimate of drug-likeness (QED) is 0.917. The highest BCUT2D eigenvalue weighted by Gasteiger charge is 2.30. The van der Waals surface area contributed by atoms with Crippen LogP contribution in [-0.2, 0) is 6.54 Å². The molecule has 1 fully saturated rings. The van der Waals surface area contributed by atoms with Crippen LogP contribution in [0.2, 0.25) is 0 Å². The summed E-state index contributed by atoms with van der Waals surface area (Å²) in [5.41, 5.74) is 2.13. The van der Waals surface area contributed by atoms with E-state index in [4.69, 9.17) is 5.11 Å². The number of carbonyl (C=O) groups is 1. The average Bonchev–Trinajstić information content (AvgIpc) is 3.12. The molecule has 0 bridgehead atoms. The molecule has 1 saturated carbocycles. The van der Waals surface area contributed by atoms with Crippen molar-refractivity contribution < 1.29 is 9.90 Å². The molecule has 2 heterocycles. The van der Waals surface area contributed by atoms with Crippen molar-refractivity contribution in [3.05, 3.63) is 45.8 Å². The number of hydrogen-bond acceptors (Lipinski definition) is 4. The first kappa shape index (κ1) is 13.1. The molecular formula is C15H16N2O2S. The van der Waals surface area contributed by atoms with Crippen LogP contribution in [-0.4, -0.2) is 22.1 Å². The van der Waals surface area contributed by atoms with E-state index in [-0.39, 0.29) is 5.56 Å². The van der Waals surface area contributed by atoms with Crippen LogP contribution in [0.25, 0.3) is 0 Å². The van der Waals surface area contributed by atoms with Crippen molar-refractivity contribution in [2.75, 3.05) is 4.90 Å². The minimum absolute atomic E-state index is 0.278. The monoisotopic (exact) mass is 288 g/mol. The zero-order chi connectivity index (χ0) is 14.1. The summed E-state index contributed by atoms with van der Waals surface area (Å²) in [5.74, 6) is -0.0430. The number of aryl methyl sites for hydroxylation is 1. The molecule has 0 aliphatic heterocycles. The fraction of sp³-hybridized carbons (Fsp3) is 0.333. The minimum atomic E-state index is -0.919. The van der Waals surface area contributed by atoms with E-state index in [1.807, 2.05) is 6.07 Å². The summed E-state index contributed by atoms with van der Waals surface area (Å²) >= 11 is 1.69. The van der Waals surface area contributed by atoms with Gasteiger partial charge in [-0.15, -0.1) is 0 Å². The topological polar surface area (TPSA) is 53.4 Å². The molecule has 0 unspecified atom stereocenters. The Morgan fingerprint density at radius 3 is 2.80 bits per heavy atom. The van der Waals surface area contributed by atoms with Gasteiger partial charge in [0, 0.05) is 12.6 Å². The lowest BCUT2D eigenvalue weighted by molar-refractivity contribution is 0.0695. The number of hydrogen-bond donors (Lipinski definition) is 1. The number of carboxylic acids is 1. The van der Waals surface area contributed by atoms with E-state index in [1.54, 1.807) is 24.3 Å². The summed E-state index contributed by atoms with van der Waals surface area (Å²) in [6, 6.07) is 6.14. The predicted molar refractivity (Wildman–Crippen MR) is 79.5 cm³/mol. The number of carboxylic acid groups (broad SMARTS) is 1. The van der Waals surface area contributed by atoms with Crippen molar-refractivity contribution in [1.82, 2.24) is 4.98 Å². The Kier molecular flexibility index (Phi) is 3.44. The van der Waals surface area contributed by atoms with Crippen LogP contribution >= 0.6 is 11.3 Å². The van der Waals surface area contributed by atoms with Crippen molar-refractivity contribution in [2.24, 2.45) is 0 Å². The van der Waals surface area contributed by atoms with Gasteiger partial charge in [-0.3, -0.25) is 0 Å². The Labute approximate surface area is 121 Å². The third-order valence-corrected chi connectivity index (χ3v) is 4.25. The van der Waals surface area contributed by atoms with Gasteiger partial charge in [0.1, 0.15) is 5.82 Å². The van der Waals surface area contributed by atoms with Crippen LogP contribution in [0.3, 0.4) is 0 Å². The summed E-state index contributed by atoms with van der Waals surface area (Å²) in [4.78, 5) is 17.8. The van der Waals surface area contributed by atoms with E-state index >= 15 is 0 Å². The van der Waals surface area contributed by atoms with Gasteiger partial charge in [0.05, 0.1) is 11.3 Å². The molecule has 3 rings (SSSR count). The molecule has 0 amide bonds. The molecule has 2 aromatic rings. The highest BCUT2D eigenvalue weighted by molar-refractivity contribution is 7.07. The summed E-state index contributed by atoms with van der Waals surface area (Å²) in [6.45, 7) is 2.59. The van der Waals surface area contributed by atoms with Crippen molar-refractivity contribution >= 4 is 23.1 Å². The largest absolute Gasteiger partial charge is 0.478 e. The number of aromatic carboxylic acids is 1. The Hall–Kier alpha value is -1.88. The van der Waals surface area contributed by atoms with Crippen molar-refractivity contribution in [3.63, 3.8) is 0 Å². The second-order valence-electron chi connectivity index (χ2n) is 5.10. The highest BCUT2D eigenvalue weighted by Crippen LogP contribution is 2.32. The number of pyridine rings is 1. The number of nitrogens with zero attached hydrogens (tertiary/aromatic N) is 2. The van der Waals surface area contributed by atoms with Gasteiger partial charge in [-0.05, 0) is 54.3 Å². The molecule has 2 aromatic heterocycles. The summed E-state index contributed by atoms with van der Waals surface area (Å²) in [6.07, 6.45) is 2.37. The normalized spacial score (nSPS) is 14.2. The molecule has 0 spiro atoms. The second-order valence-corrected chi connectivity index (χ2v) is 5.88. The van der Waals surface area contributed by atoms with Crippen LogP contribution in [0.4, 0.5) is 5.82 Å². The van der Waals surface area contributed by atoms with Gasteiger partial charge in [0.2, 0.25) is 0 Å². The van der Waals surface area contributed by atoms with Gasteiger partial charge in [0.25, 0.3) is 0 Å². The standard InChI is InChI=1S/C15H16N2O2S/c1-10-13(15(18)19)4-5-14(16-10)17(12-2-3-12)8-11-6-7-20-9-11/h4-7,9,12H,2-3,8H2,1H3,(H,18,19).